The predicted octanol–water partition coefficient (Wildman–Crippen LogP) is 2.34. The van der Waals surface area contributed by atoms with Crippen LogP contribution >= 0.6 is 0 Å². The van der Waals surface area contributed by atoms with Crippen LogP contribution in [0.1, 0.15) is 22.5 Å². The molecule has 5 nitrogen and oxygen atoms in total. The van der Waals surface area contributed by atoms with Crippen molar-refractivity contribution in [1.82, 2.24) is 14.9 Å². The largest absolute Gasteiger partial charge is 0.478 e. The number of hydrogen-bond donors (Lipinski definition) is 1. The zero-order valence-electron chi connectivity index (χ0n) is 12.6. The van der Waals surface area contributed by atoms with E-state index in [4.69, 9.17) is 5.11 Å². The van der Waals surface area contributed by atoms with Gasteiger partial charge in [-0.3, -0.25) is 9.97 Å². The second kappa shape index (κ2) is 6.23. The molecule has 0 unspecified atom stereocenters. The lowest BCUT2D eigenvalue weighted by Gasteiger charge is -2.11. The van der Waals surface area contributed by atoms with Gasteiger partial charge in [-0.1, -0.05) is 6.07 Å². The number of carboxylic acids is 1. The molecule has 0 aliphatic carbocycles. The summed E-state index contributed by atoms with van der Waals surface area (Å²) in [5.41, 5.74) is 2.75. The van der Waals surface area contributed by atoms with E-state index in [0.29, 0.717) is 5.92 Å². The van der Waals surface area contributed by atoms with Gasteiger partial charge >= 0.3 is 5.97 Å². The summed E-state index contributed by atoms with van der Waals surface area (Å²) in [6.45, 7) is 2.26. The minimum atomic E-state index is -0.973. The van der Waals surface area contributed by atoms with Gasteiger partial charge in [-0.15, -0.1) is 0 Å². The average Bonchev–Trinajstić information content (AvgIpc) is 2.93. The molecule has 1 atom stereocenters. The second-order valence-corrected chi connectivity index (χ2v) is 5.90. The highest BCUT2D eigenvalue weighted by Gasteiger charge is 2.20. The van der Waals surface area contributed by atoms with Crippen LogP contribution in [0, 0.1) is 5.92 Å². The zero-order chi connectivity index (χ0) is 15.5. The lowest BCUT2D eigenvalue weighted by molar-refractivity contribution is 0.0696. The van der Waals surface area contributed by atoms with Crippen molar-refractivity contribution >= 4 is 5.97 Å². The summed E-state index contributed by atoms with van der Waals surface area (Å²) >= 11 is 0. The molecule has 1 aliphatic rings. The second-order valence-electron chi connectivity index (χ2n) is 5.90. The Balaban J connectivity index is 1.81. The minimum Gasteiger partial charge on any atom is -0.478 e. The van der Waals surface area contributed by atoms with Crippen LogP contribution in [0.15, 0.2) is 36.7 Å². The van der Waals surface area contributed by atoms with Crippen molar-refractivity contribution in [2.75, 3.05) is 20.1 Å². The molecule has 3 heterocycles. The number of carboxylic acid groups (broad SMARTS) is 1. The first-order valence-corrected chi connectivity index (χ1v) is 7.45. The van der Waals surface area contributed by atoms with E-state index in [1.807, 2.05) is 18.2 Å². The van der Waals surface area contributed by atoms with Crippen LogP contribution in [-0.2, 0) is 6.42 Å². The van der Waals surface area contributed by atoms with E-state index in [1.54, 1.807) is 12.3 Å². The van der Waals surface area contributed by atoms with Gasteiger partial charge in [0, 0.05) is 30.2 Å². The number of carbonyl (C=O) groups is 1. The number of rotatable bonds is 4. The molecule has 0 aromatic carbocycles. The van der Waals surface area contributed by atoms with Crippen LogP contribution < -0.4 is 0 Å². The van der Waals surface area contributed by atoms with E-state index in [9.17, 15) is 4.79 Å². The molecule has 0 radical (unpaired) electrons. The molecule has 1 saturated heterocycles. The highest BCUT2D eigenvalue weighted by Crippen LogP contribution is 2.22. The van der Waals surface area contributed by atoms with Crippen molar-refractivity contribution in [1.29, 1.82) is 0 Å². The summed E-state index contributed by atoms with van der Waals surface area (Å²) in [6.07, 6.45) is 5.18. The Morgan fingerprint density at radius 3 is 3.00 bits per heavy atom. The normalized spacial score (nSPS) is 18.5. The van der Waals surface area contributed by atoms with Crippen molar-refractivity contribution in [2.45, 2.75) is 12.8 Å². The molecule has 1 N–H and O–H groups in total. The van der Waals surface area contributed by atoms with Gasteiger partial charge in [-0.25, -0.2) is 4.79 Å². The molecule has 2 aromatic heterocycles. The first kappa shape index (κ1) is 14.7. The fourth-order valence-corrected chi connectivity index (χ4v) is 2.94. The summed E-state index contributed by atoms with van der Waals surface area (Å²) in [5.74, 6) is -0.323. The molecule has 3 rings (SSSR count). The van der Waals surface area contributed by atoms with E-state index < -0.39 is 5.97 Å². The van der Waals surface area contributed by atoms with Gasteiger partial charge in [0.25, 0.3) is 0 Å². The summed E-state index contributed by atoms with van der Waals surface area (Å²) in [7, 11) is 2.15. The first-order valence-electron chi connectivity index (χ1n) is 7.45. The van der Waals surface area contributed by atoms with Crippen LogP contribution in [-0.4, -0.2) is 46.1 Å². The van der Waals surface area contributed by atoms with Crippen molar-refractivity contribution in [2.24, 2.45) is 5.92 Å². The van der Waals surface area contributed by atoms with Crippen molar-refractivity contribution in [3.8, 4) is 11.3 Å². The molecule has 0 saturated carbocycles. The third kappa shape index (κ3) is 3.31. The molecular formula is C17H19N3O2. The lowest BCUT2D eigenvalue weighted by Crippen LogP contribution is -2.15. The molecule has 0 spiro atoms. The summed E-state index contributed by atoms with van der Waals surface area (Å²) in [4.78, 5) is 22.1. The summed E-state index contributed by atoms with van der Waals surface area (Å²) in [5, 5.41) is 9.06. The third-order valence-electron chi connectivity index (χ3n) is 4.07. The number of pyridine rings is 2. The Labute approximate surface area is 129 Å². The van der Waals surface area contributed by atoms with E-state index in [0.717, 1.165) is 36.5 Å². The molecule has 1 fully saturated rings. The van der Waals surface area contributed by atoms with E-state index >= 15 is 0 Å². The van der Waals surface area contributed by atoms with E-state index in [-0.39, 0.29) is 5.56 Å². The monoisotopic (exact) mass is 297 g/mol. The van der Waals surface area contributed by atoms with E-state index in [1.165, 1.54) is 12.6 Å². The number of nitrogens with zero attached hydrogens (tertiary/aromatic N) is 3. The summed E-state index contributed by atoms with van der Waals surface area (Å²) < 4.78 is 0. The SMILES string of the molecule is CN1CC[C@H](Cc2cccc(-c3cncc(C(=O)O)c3)n2)C1. The van der Waals surface area contributed by atoms with Gasteiger partial charge in [0.1, 0.15) is 0 Å². The number of hydrogen-bond acceptors (Lipinski definition) is 4. The average molecular weight is 297 g/mol. The molecular weight excluding hydrogens is 278 g/mol. The van der Waals surface area contributed by atoms with Crippen LogP contribution in [0.5, 0.6) is 0 Å². The maximum atomic E-state index is 11.0. The van der Waals surface area contributed by atoms with Crippen molar-refractivity contribution in [3.05, 3.63) is 47.9 Å². The van der Waals surface area contributed by atoms with Crippen LogP contribution in [0.3, 0.4) is 0 Å². The molecule has 22 heavy (non-hydrogen) atoms. The zero-order valence-corrected chi connectivity index (χ0v) is 12.6. The minimum absolute atomic E-state index is 0.183. The van der Waals surface area contributed by atoms with Gasteiger partial charge in [-0.05, 0) is 50.6 Å². The molecule has 5 heteroatoms. The standard InChI is InChI=1S/C17H19N3O2/c1-20-6-5-12(11-20)7-15-3-2-4-16(19-15)13-8-14(17(21)22)10-18-9-13/h2-4,8-10,12H,5-7,11H2,1H3,(H,21,22)/t12-/m1/s1. The van der Waals surface area contributed by atoms with Gasteiger partial charge in [0.2, 0.25) is 0 Å². The number of aromatic nitrogens is 2. The maximum Gasteiger partial charge on any atom is 0.337 e. The Morgan fingerprint density at radius 1 is 1.41 bits per heavy atom. The Bertz CT molecular complexity index is 687. The highest BCUT2D eigenvalue weighted by molar-refractivity contribution is 5.88. The molecule has 0 bridgehead atoms. The van der Waals surface area contributed by atoms with Crippen molar-refractivity contribution in [3.63, 3.8) is 0 Å². The van der Waals surface area contributed by atoms with Crippen LogP contribution in [0.2, 0.25) is 0 Å². The highest BCUT2D eigenvalue weighted by atomic mass is 16.4. The van der Waals surface area contributed by atoms with Gasteiger partial charge in [0.15, 0.2) is 0 Å². The Morgan fingerprint density at radius 2 is 2.27 bits per heavy atom. The van der Waals surface area contributed by atoms with E-state index in [2.05, 4.69) is 21.9 Å². The lowest BCUT2D eigenvalue weighted by atomic mass is 10.0. The maximum absolute atomic E-state index is 11.0. The first-order chi connectivity index (χ1) is 10.6. The molecule has 0 amide bonds. The van der Waals surface area contributed by atoms with Gasteiger partial charge < -0.3 is 10.0 Å². The Kier molecular flexibility index (Phi) is 4.15. The Hall–Kier alpha value is -2.27. The van der Waals surface area contributed by atoms with Crippen LogP contribution in [0.25, 0.3) is 11.3 Å². The van der Waals surface area contributed by atoms with Crippen molar-refractivity contribution < 1.29 is 9.90 Å². The van der Waals surface area contributed by atoms with Gasteiger partial charge in [0.05, 0.1) is 11.3 Å². The smallest absolute Gasteiger partial charge is 0.337 e. The number of aromatic carboxylic acids is 1. The fourth-order valence-electron chi connectivity index (χ4n) is 2.94. The fraction of sp³-hybridized carbons (Fsp3) is 0.353. The topological polar surface area (TPSA) is 66.3 Å². The van der Waals surface area contributed by atoms with Gasteiger partial charge in [-0.2, -0.15) is 0 Å². The number of likely N-dealkylation sites (tertiary alicyclic amines) is 1. The quantitative estimate of drug-likeness (QED) is 0.938. The molecule has 1 aliphatic heterocycles. The molecule has 114 valence electrons. The molecule has 2 aromatic rings. The predicted molar refractivity (Wildman–Crippen MR) is 83.7 cm³/mol. The third-order valence-corrected chi connectivity index (χ3v) is 4.07. The summed E-state index contributed by atoms with van der Waals surface area (Å²) in [6, 6.07) is 7.53. The van der Waals surface area contributed by atoms with Crippen LogP contribution in [0.4, 0.5) is 0 Å².